The SMILES string of the molecule is C(OCC1CO1)C1CO1.C=CC(=O)OCCCCCCCO. The molecule has 1 N–H and O–H groups in total. The average Bonchev–Trinajstić information content (AvgIpc) is 3.42. The quantitative estimate of drug-likeness (QED) is 0.254. The van der Waals surface area contributed by atoms with Gasteiger partial charge in [0, 0.05) is 12.7 Å². The van der Waals surface area contributed by atoms with E-state index < -0.39 is 0 Å². The number of ether oxygens (including phenoxy) is 4. The largest absolute Gasteiger partial charge is 0.463 e. The van der Waals surface area contributed by atoms with Gasteiger partial charge in [-0.15, -0.1) is 0 Å². The van der Waals surface area contributed by atoms with E-state index >= 15 is 0 Å². The second kappa shape index (κ2) is 12.6. The third-order valence-corrected chi connectivity index (χ3v) is 3.13. The number of unbranched alkanes of at least 4 members (excludes halogenated alkanes) is 4. The molecular formula is C16H28O6. The van der Waals surface area contributed by atoms with Crippen LogP contribution in [0.15, 0.2) is 12.7 Å². The first-order valence-corrected chi connectivity index (χ1v) is 7.97. The second-order valence-corrected chi connectivity index (χ2v) is 5.31. The van der Waals surface area contributed by atoms with Crippen LogP contribution in [0.25, 0.3) is 0 Å². The Bertz CT molecular complexity index is 287. The summed E-state index contributed by atoms with van der Waals surface area (Å²) in [5.41, 5.74) is 0. The maximum absolute atomic E-state index is 10.6. The number of aliphatic hydroxyl groups is 1. The van der Waals surface area contributed by atoms with Crippen molar-refractivity contribution in [2.75, 3.05) is 39.6 Å². The summed E-state index contributed by atoms with van der Waals surface area (Å²) in [5, 5.41) is 8.49. The standard InChI is InChI=1S/C10H18O3.C6H10O3/c1-2-10(12)13-9-7-5-3-4-6-8-11;1(5-3-8-5)7-2-6-4-9-6/h2,11H,1,3-9H2;5-6H,1-4H2. The van der Waals surface area contributed by atoms with E-state index in [1.54, 1.807) is 0 Å². The molecule has 2 aliphatic heterocycles. The van der Waals surface area contributed by atoms with E-state index in [-0.39, 0.29) is 12.6 Å². The van der Waals surface area contributed by atoms with Gasteiger partial charge in [-0.2, -0.15) is 0 Å². The molecule has 0 bridgehead atoms. The van der Waals surface area contributed by atoms with Gasteiger partial charge in [-0.05, 0) is 12.8 Å². The number of esters is 1. The van der Waals surface area contributed by atoms with Gasteiger partial charge in [0.15, 0.2) is 0 Å². The summed E-state index contributed by atoms with van der Waals surface area (Å²) in [7, 11) is 0. The van der Waals surface area contributed by atoms with Crippen LogP contribution in [-0.2, 0) is 23.7 Å². The molecular weight excluding hydrogens is 288 g/mol. The molecule has 0 aromatic carbocycles. The summed E-state index contributed by atoms with van der Waals surface area (Å²) in [6.45, 7) is 7.30. The highest BCUT2D eigenvalue weighted by atomic mass is 16.6. The number of hydrogen-bond acceptors (Lipinski definition) is 6. The molecule has 0 aliphatic carbocycles. The number of hydrogen-bond donors (Lipinski definition) is 1. The smallest absolute Gasteiger partial charge is 0.330 e. The van der Waals surface area contributed by atoms with Crippen LogP contribution in [0.4, 0.5) is 0 Å². The lowest BCUT2D eigenvalue weighted by molar-refractivity contribution is -0.137. The summed E-state index contributed by atoms with van der Waals surface area (Å²) in [4.78, 5) is 10.6. The molecule has 0 radical (unpaired) electrons. The molecule has 2 atom stereocenters. The molecule has 128 valence electrons. The number of carbonyl (C=O) groups is 1. The third-order valence-electron chi connectivity index (χ3n) is 3.13. The molecule has 2 rings (SSSR count). The van der Waals surface area contributed by atoms with E-state index in [4.69, 9.17) is 24.1 Å². The molecule has 2 fully saturated rings. The third kappa shape index (κ3) is 12.8. The lowest BCUT2D eigenvalue weighted by Crippen LogP contribution is -2.06. The van der Waals surface area contributed by atoms with E-state index in [2.05, 4.69) is 6.58 Å². The van der Waals surface area contributed by atoms with E-state index in [0.29, 0.717) is 18.8 Å². The fourth-order valence-corrected chi connectivity index (χ4v) is 1.64. The van der Waals surface area contributed by atoms with Crippen LogP contribution in [0.2, 0.25) is 0 Å². The van der Waals surface area contributed by atoms with Crippen LogP contribution in [0.5, 0.6) is 0 Å². The first-order chi connectivity index (χ1) is 10.8. The van der Waals surface area contributed by atoms with Crippen molar-refractivity contribution < 1.29 is 28.8 Å². The molecule has 6 nitrogen and oxygen atoms in total. The maximum atomic E-state index is 10.6. The minimum absolute atomic E-state index is 0.269. The van der Waals surface area contributed by atoms with Gasteiger partial charge in [0.2, 0.25) is 0 Å². The molecule has 6 heteroatoms. The fourth-order valence-electron chi connectivity index (χ4n) is 1.64. The van der Waals surface area contributed by atoms with Crippen molar-refractivity contribution in [3.05, 3.63) is 12.7 Å². The van der Waals surface area contributed by atoms with E-state index in [1.807, 2.05) is 0 Å². The van der Waals surface area contributed by atoms with Crippen molar-refractivity contribution in [3.63, 3.8) is 0 Å². The van der Waals surface area contributed by atoms with Crippen molar-refractivity contribution >= 4 is 5.97 Å². The van der Waals surface area contributed by atoms with E-state index in [0.717, 1.165) is 58.5 Å². The average molecular weight is 316 g/mol. The molecule has 22 heavy (non-hydrogen) atoms. The Morgan fingerprint density at radius 3 is 2.14 bits per heavy atom. The van der Waals surface area contributed by atoms with Gasteiger partial charge in [-0.3, -0.25) is 0 Å². The Kier molecular flexibility index (Phi) is 10.9. The van der Waals surface area contributed by atoms with Crippen molar-refractivity contribution in [3.8, 4) is 0 Å². The lowest BCUT2D eigenvalue weighted by atomic mass is 10.1. The monoisotopic (exact) mass is 316 g/mol. The summed E-state index contributed by atoms with van der Waals surface area (Å²) in [6.07, 6.45) is 6.90. The molecule has 0 aromatic heterocycles. The first-order valence-electron chi connectivity index (χ1n) is 7.97. The Morgan fingerprint density at radius 2 is 1.64 bits per heavy atom. The Labute approximate surface area is 132 Å². The fraction of sp³-hybridized carbons (Fsp3) is 0.812. The Morgan fingerprint density at radius 1 is 1.09 bits per heavy atom. The summed E-state index contributed by atoms with van der Waals surface area (Å²) < 4.78 is 19.9. The van der Waals surface area contributed by atoms with Gasteiger partial charge in [0.25, 0.3) is 0 Å². The zero-order chi connectivity index (χ0) is 16.0. The zero-order valence-electron chi connectivity index (χ0n) is 13.2. The van der Waals surface area contributed by atoms with Crippen LogP contribution < -0.4 is 0 Å². The Balaban J connectivity index is 0.000000231. The molecule has 0 aromatic rings. The van der Waals surface area contributed by atoms with Crippen molar-refractivity contribution in [2.45, 2.75) is 44.3 Å². The number of rotatable bonds is 12. The summed E-state index contributed by atoms with van der Waals surface area (Å²) in [6, 6.07) is 0. The number of epoxide rings is 2. The lowest BCUT2D eigenvalue weighted by Gasteiger charge is -2.01. The van der Waals surface area contributed by atoms with E-state index in [1.165, 1.54) is 6.08 Å². The highest BCUT2D eigenvalue weighted by Gasteiger charge is 2.26. The van der Waals surface area contributed by atoms with Crippen molar-refractivity contribution in [1.82, 2.24) is 0 Å². The van der Waals surface area contributed by atoms with Crippen LogP contribution in [0.1, 0.15) is 32.1 Å². The van der Waals surface area contributed by atoms with Gasteiger partial charge in [0.1, 0.15) is 12.2 Å². The topological polar surface area (TPSA) is 80.8 Å². The predicted molar refractivity (Wildman–Crippen MR) is 81.6 cm³/mol. The van der Waals surface area contributed by atoms with Gasteiger partial charge in [-0.1, -0.05) is 25.8 Å². The van der Waals surface area contributed by atoms with Gasteiger partial charge < -0.3 is 24.1 Å². The Hall–Kier alpha value is -0.950. The number of carbonyl (C=O) groups excluding carboxylic acids is 1. The normalized spacial score (nSPS) is 21.5. The second-order valence-electron chi connectivity index (χ2n) is 5.31. The highest BCUT2D eigenvalue weighted by molar-refractivity contribution is 5.81. The molecule has 0 amide bonds. The van der Waals surface area contributed by atoms with E-state index in [9.17, 15) is 4.79 Å². The first kappa shape index (κ1) is 19.1. The summed E-state index contributed by atoms with van der Waals surface area (Å²) in [5.74, 6) is -0.352. The minimum atomic E-state index is -0.352. The van der Waals surface area contributed by atoms with Gasteiger partial charge in [-0.25, -0.2) is 4.79 Å². The molecule has 2 heterocycles. The van der Waals surface area contributed by atoms with Crippen LogP contribution in [0.3, 0.4) is 0 Å². The molecule has 2 unspecified atom stereocenters. The van der Waals surface area contributed by atoms with Gasteiger partial charge in [0.05, 0.1) is 33.0 Å². The zero-order valence-corrected chi connectivity index (χ0v) is 13.2. The molecule has 0 saturated carbocycles. The highest BCUT2D eigenvalue weighted by Crippen LogP contribution is 2.12. The van der Waals surface area contributed by atoms with Crippen molar-refractivity contribution in [1.29, 1.82) is 0 Å². The van der Waals surface area contributed by atoms with Crippen LogP contribution >= 0.6 is 0 Å². The predicted octanol–water partition coefficient (Wildman–Crippen LogP) is 1.46. The molecule has 2 saturated heterocycles. The molecule has 2 aliphatic rings. The van der Waals surface area contributed by atoms with Crippen LogP contribution in [-0.4, -0.2) is 62.9 Å². The van der Waals surface area contributed by atoms with Crippen LogP contribution in [0, 0.1) is 0 Å². The van der Waals surface area contributed by atoms with Crippen molar-refractivity contribution in [2.24, 2.45) is 0 Å². The maximum Gasteiger partial charge on any atom is 0.330 e. The minimum Gasteiger partial charge on any atom is -0.463 e. The molecule has 0 spiro atoms. The number of aliphatic hydroxyl groups excluding tert-OH is 1. The van der Waals surface area contributed by atoms with Gasteiger partial charge >= 0.3 is 5.97 Å². The summed E-state index contributed by atoms with van der Waals surface area (Å²) >= 11 is 0.